The normalized spacial score (nSPS) is 11.0. The number of amides is 1. The van der Waals surface area contributed by atoms with E-state index in [4.69, 9.17) is 0 Å². The number of carbonyl (C=O) groups excluding carboxylic acids is 1. The Hall–Kier alpha value is -3.84. The number of aryl methyl sites for hydroxylation is 1. The monoisotopic (exact) mass is 411 g/mol. The molecule has 0 unspecified atom stereocenters. The first kappa shape index (κ1) is 18.2. The molecule has 0 aliphatic rings. The van der Waals surface area contributed by atoms with Crippen LogP contribution in [0.3, 0.4) is 0 Å². The van der Waals surface area contributed by atoms with Gasteiger partial charge in [0.05, 0.1) is 21.5 Å². The van der Waals surface area contributed by atoms with Crippen molar-refractivity contribution in [1.82, 2.24) is 19.7 Å². The van der Waals surface area contributed by atoms with E-state index in [-0.39, 0.29) is 5.91 Å². The number of aromatic nitrogens is 4. The fraction of sp³-hybridized carbons (Fsp3) is 0.0435. The van der Waals surface area contributed by atoms with Crippen LogP contribution < -0.4 is 5.32 Å². The molecule has 0 radical (unpaired) electrons. The number of thiazole rings is 1. The molecular formula is C23H17N5OS. The number of hydrogen-bond acceptors (Lipinski definition) is 5. The second kappa shape index (κ2) is 7.53. The Labute approximate surface area is 176 Å². The lowest BCUT2D eigenvalue weighted by Crippen LogP contribution is -2.12. The summed E-state index contributed by atoms with van der Waals surface area (Å²) >= 11 is 1.46. The van der Waals surface area contributed by atoms with E-state index in [9.17, 15) is 4.79 Å². The van der Waals surface area contributed by atoms with Gasteiger partial charge in [0.1, 0.15) is 5.69 Å². The van der Waals surface area contributed by atoms with E-state index in [0.717, 1.165) is 27.0 Å². The van der Waals surface area contributed by atoms with Gasteiger partial charge in [-0.05, 0) is 42.8 Å². The fourth-order valence-electron chi connectivity index (χ4n) is 3.27. The maximum absolute atomic E-state index is 13.2. The largest absolute Gasteiger partial charge is 0.298 e. The lowest BCUT2D eigenvalue weighted by molar-refractivity contribution is 0.102. The molecule has 0 bridgehead atoms. The summed E-state index contributed by atoms with van der Waals surface area (Å²) in [6.07, 6.45) is 5.14. The van der Waals surface area contributed by atoms with Gasteiger partial charge in [0.25, 0.3) is 5.91 Å². The number of hydrogen-bond donors (Lipinski definition) is 1. The first-order chi connectivity index (χ1) is 14.7. The van der Waals surface area contributed by atoms with E-state index in [1.807, 2.05) is 67.6 Å². The molecule has 0 saturated carbocycles. The van der Waals surface area contributed by atoms with Gasteiger partial charge in [-0.25, -0.2) is 9.67 Å². The van der Waals surface area contributed by atoms with Crippen LogP contribution in [-0.4, -0.2) is 25.7 Å². The smallest absolute Gasteiger partial charge is 0.261 e. The van der Waals surface area contributed by atoms with E-state index in [2.05, 4.69) is 20.4 Å². The molecule has 5 aromatic rings. The van der Waals surface area contributed by atoms with Crippen LogP contribution in [0.15, 0.2) is 79.3 Å². The molecular weight excluding hydrogens is 394 g/mol. The number of pyridine rings is 1. The van der Waals surface area contributed by atoms with Crippen molar-refractivity contribution in [2.45, 2.75) is 6.92 Å². The lowest BCUT2D eigenvalue weighted by atomic mass is 10.1. The summed E-state index contributed by atoms with van der Waals surface area (Å²) < 4.78 is 2.75. The fourth-order valence-corrected chi connectivity index (χ4v) is 4.21. The highest BCUT2D eigenvalue weighted by Gasteiger charge is 2.20. The van der Waals surface area contributed by atoms with E-state index >= 15 is 0 Å². The van der Waals surface area contributed by atoms with E-state index in [1.165, 1.54) is 11.3 Å². The van der Waals surface area contributed by atoms with Crippen LogP contribution in [0.25, 0.3) is 27.2 Å². The van der Waals surface area contributed by atoms with Gasteiger partial charge >= 0.3 is 0 Å². The zero-order valence-electron chi connectivity index (χ0n) is 16.1. The number of fused-ring (bicyclic) bond motifs is 1. The molecule has 5 rings (SSSR count). The highest BCUT2D eigenvalue weighted by molar-refractivity contribution is 7.22. The maximum Gasteiger partial charge on any atom is 0.261 e. The summed E-state index contributed by atoms with van der Waals surface area (Å²) in [6.45, 7) is 2.01. The van der Waals surface area contributed by atoms with Gasteiger partial charge in [-0.15, -0.1) is 0 Å². The molecule has 1 amide bonds. The van der Waals surface area contributed by atoms with Crippen LogP contribution in [0.4, 0.5) is 5.13 Å². The topological polar surface area (TPSA) is 72.7 Å². The van der Waals surface area contributed by atoms with E-state index in [1.54, 1.807) is 23.3 Å². The van der Waals surface area contributed by atoms with Crippen molar-refractivity contribution in [2.24, 2.45) is 0 Å². The minimum Gasteiger partial charge on any atom is -0.298 e. The third kappa shape index (κ3) is 3.35. The number of carbonyl (C=O) groups is 1. The Bertz CT molecular complexity index is 1340. The molecule has 3 aromatic heterocycles. The molecule has 0 aliphatic carbocycles. The average molecular weight is 411 g/mol. The third-order valence-corrected chi connectivity index (χ3v) is 5.69. The molecule has 0 spiro atoms. The van der Waals surface area contributed by atoms with Gasteiger partial charge < -0.3 is 0 Å². The number of anilines is 1. The van der Waals surface area contributed by atoms with Gasteiger partial charge in [0, 0.05) is 24.2 Å². The maximum atomic E-state index is 13.2. The Kier molecular flexibility index (Phi) is 4.57. The zero-order valence-corrected chi connectivity index (χ0v) is 16.9. The summed E-state index contributed by atoms with van der Waals surface area (Å²) in [7, 11) is 0. The number of nitrogens with one attached hydrogen (secondary N) is 1. The minimum absolute atomic E-state index is 0.257. The van der Waals surface area contributed by atoms with Gasteiger partial charge in [-0.2, -0.15) is 5.10 Å². The Morgan fingerprint density at radius 3 is 2.67 bits per heavy atom. The van der Waals surface area contributed by atoms with E-state index in [0.29, 0.717) is 16.4 Å². The molecule has 7 heteroatoms. The molecule has 30 heavy (non-hydrogen) atoms. The van der Waals surface area contributed by atoms with Gasteiger partial charge in [0.15, 0.2) is 5.13 Å². The molecule has 2 aromatic carbocycles. The van der Waals surface area contributed by atoms with Crippen molar-refractivity contribution < 1.29 is 4.79 Å². The Balaban J connectivity index is 1.55. The lowest BCUT2D eigenvalue weighted by Gasteiger charge is -2.02. The Morgan fingerprint density at radius 2 is 1.90 bits per heavy atom. The van der Waals surface area contributed by atoms with Crippen LogP contribution in [-0.2, 0) is 0 Å². The van der Waals surface area contributed by atoms with Crippen LogP contribution in [0.1, 0.15) is 15.9 Å². The van der Waals surface area contributed by atoms with Gasteiger partial charge in [-0.1, -0.05) is 41.7 Å². The predicted molar refractivity (Wildman–Crippen MR) is 119 cm³/mol. The summed E-state index contributed by atoms with van der Waals surface area (Å²) in [4.78, 5) is 22.0. The van der Waals surface area contributed by atoms with Crippen LogP contribution in [0.2, 0.25) is 0 Å². The SMILES string of the molecule is Cc1cccc2sc(NC(=O)c3cn(-c4ccccc4)nc3-c3cccnc3)nc12. The number of benzene rings is 2. The van der Waals surface area contributed by atoms with Crippen molar-refractivity contribution in [3.05, 3.63) is 90.4 Å². The molecule has 0 saturated heterocycles. The van der Waals surface area contributed by atoms with Gasteiger partial charge in [-0.3, -0.25) is 15.1 Å². The van der Waals surface area contributed by atoms with Crippen molar-refractivity contribution in [1.29, 1.82) is 0 Å². The predicted octanol–water partition coefficient (Wildman–Crippen LogP) is 5.10. The highest BCUT2D eigenvalue weighted by Crippen LogP contribution is 2.29. The molecule has 0 atom stereocenters. The van der Waals surface area contributed by atoms with Crippen LogP contribution >= 0.6 is 11.3 Å². The second-order valence-corrected chi connectivity index (χ2v) is 7.84. The van der Waals surface area contributed by atoms with Gasteiger partial charge in [0.2, 0.25) is 0 Å². The highest BCUT2D eigenvalue weighted by atomic mass is 32.1. The standard InChI is InChI=1S/C23H17N5OS/c1-15-7-5-11-19-20(15)25-23(30-19)26-22(29)18-14-28(17-9-3-2-4-10-17)27-21(18)16-8-6-12-24-13-16/h2-14H,1H3,(H,25,26,29). The summed E-state index contributed by atoms with van der Waals surface area (Å²) in [5, 5.41) is 8.18. The molecule has 146 valence electrons. The van der Waals surface area contributed by atoms with Crippen LogP contribution in [0.5, 0.6) is 0 Å². The molecule has 3 heterocycles. The molecule has 6 nitrogen and oxygen atoms in total. The first-order valence-corrected chi connectivity index (χ1v) is 10.2. The van der Waals surface area contributed by atoms with Crippen LogP contribution in [0, 0.1) is 6.92 Å². The zero-order chi connectivity index (χ0) is 20.5. The third-order valence-electron chi connectivity index (χ3n) is 4.76. The average Bonchev–Trinajstić information content (AvgIpc) is 3.40. The van der Waals surface area contributed by atoms with Crippen molar-refractivity contribution in [3.8, 4) is 16.9 Å². The Morgan fingerprint density at radius 1 is 1.03 bits per heavy atom. The number of para-hydroxylation sites is 2. The minimum atomic E-state index is -0.257. The number of nitrogens with zero attached hydrogens (tertiary/aromatic N) is 4. The molecule has 0 fully saturated rings. The van der Waals surface area contributed by atoms with Crippen molar-refractivity contribution in [2.75, 3.05) is 5.32 Å². The van der Waals surface area contributed by atoms with Crippen molar-refractivity contribution >= 4 is 32.6 Å². The first-order valence-electron chi connectivity index (χ1n) is 9.42. The summed E-state index contributed by atoms with van der Waals surface area (Å²) in [6, 6.07) is 19.4. The van der Waals surface area contributed by atoms with E-state index < -0.39 is 0 Å². The summed E-state index contributed by atoms with van der Waals surface area (Å²) in [5.41, 5.74) is 4.67. The summed E-state index contributed by atoms with van der Waals surface area (Å²) in [5.74, 6) is -0.257. The molecule has 0 aliphatic heterocycles. The second-order valence-electron chi connectivity index (χ2n) is 6.81. The molecule has 1 N–H and O–H groups in total. The quantitative estimate of drug-likeness (QED) is 0.446. The number of rotatable bonds is 4. The van der Waals surface area contributed by atoms with Crippen molar-refractivity contribution in [3.63, 3.8) is 0 Å².